The lowest BCUT2D eigenvalue weighted by Crippen LogP contribution is -2.21. The molecular weight excluding hydrogens is 242 g/mol. The van der Waals surface area contributed by atoms with Gasteiger partial charge in [-0.25, -0.2) is 4.98 Å². The Morgan fingerprint density at radius 1 is 1.50 bits per heavy atom. The maximum Gasteiger partial charge on any atom is 0.140 e. The summed E-state index contributed by atoms with van der Waals surface area (Å²) in [4.78, 5) is 7.60. The first-order chi connectivity index (χ1) is 8.70. The molecule has 0 N–H and O–H groups in total. The van der Waals surface area contributed by atoms with Crippen molar-refractivity contribution in [3.63, 3.8) is 0 Å². The van der Waals surface area contributed by atoms with Crippen molar-refractivity contribution in [2.24, 2.45) is 0 Å². The van der Waals surface area contributed by atoms with Crippen LogP contribution in [0.3, 0.4) is 0 Å². The lowest BCUT2D eigenvalue weighted by atomic mass is 10.2. The van der Waals surface area contributed by atoms with Gasteiger partial charge in [-0.15, -0.1) is 11.3 Å². The normalized spacial score (nSPS) is 12.3. The van der Waals surface area contributed by atoms with Crippen LogP contribution < -0.4 is 0 Å². The maximum atomic E-state index is 8.83. The van der Waals surface area contributed by atoms with E-state index >= 15 is 0 Å². The predicted octanol–water partition coefficient (Wildman–Crippen LogP) is 3.21. The second kappa shape index (κ2) is 5.76. The van der Waals surface area contributed by atoms with Crippen LogP contribution in [-0.4, -0.2) is 16.9 Å². The molecule has 0 aliphatic carbocycles. The first-order valence-electron chi connectivity index (χ1n) is 5.79. The van der Waals surface area contributed by atoms with Crippen molar-refractivity contribution in [1.29, 1.82) is 5.26 Å². The molecular formula is C14H15N3S. The van der Waals surface area contributed by atoms with Gasteiger partial charge in [-0.3, -0.25) is 4.90 Å². The van der Waals surface area contributed by atoms with E-state index < -0.39 is 0 Å². The smallest absolute Gasteiger partial charge is 0.140 e. The molecule has 0 spiro atoms. The monoisotopic (exact) mass is 257 g/mol. The number of nitriles is 1. The third-order valence-corrected chi connectivity index (χ3v) is 4.03. The highest BCUT2D eigenvalue weighted by atomic mass is 32.1. The quantitative estimate of drug-likeness (QED) is 0.844. The molecule has 1 unspecified atom stereocenters. The number of rotatable bonds is 4. The molecule has 2 aromatic heterocycles. The Bertz CT molecular complexity index is 542. The van der Waals surface area contributed by atoms with Crippen LogP contribution >= 0.6 is 11.3 Å². The molecule has 0 bridgehead atoms. The molecule has 18 heavy (non-hydrogen) atoms. The molecule has 0 saturated heterocycles. The van der Waals surface area contributed by atoms with Gasteiger partial charge >= 0.3 is 0 Å². The summed E-state index contributed by atoms with van der Waals surface area (Å²) in [5.74, 6) is 0. The Kier molecular flexibility index (Phi) is 4.08. The zero-order valence-corrected chi connectivity index (χ0v) is 11.3. The molecule has 2 heterocycles. The Hall–Kier alpha value is -1.70. The molecule has 0 radical (unpaired) electrons. The molecule has 4 heteroatoms. The number of nitrogens with zero attached hydrogens (tertiary/aromatic N) is 3. The highest BCUT2D eigenvalue weighted by Crippen LogP contribution is 2.24. The van der Waals surface area contributed by atoms with E-state index in [9.17, 15) is 0 Å². The SMILES string of the molecule is CC(c1cccs1)N(C)Cc1ccnc(C#N)c1. The molecule has 0 aliphatic heterocycles. The summed E-state index contributed by atoms with van der Waals surface area (Å²) in [5, 5.41) is 10.9. The van der Waals surface area contributed by atoms with E-state index in [-0.39, 0.29) is 0 Å². The molecule has 2 rings (SSSR count). The summed E-state index contributed by atoms with van der Waals surface area (Å²) in [6, 6.07) is 10.5. The fourth-order valence-electron chi connectivity index (χ4n) is 1.80. The zero-order chi connectivity index (χ0) is 13.0. The molecule has 0 aromatic carbocycles. The van der Waals surface area contributed by atoms with Crippen molar-refractivity contribution in [3.8, 4) is 6.07 Å². The summed E-state index contributed by atoms with van der Waals surface area (Å²) in [5.41, 5.74) is 1.59. The van der Waals surface area contributed by atoms with E-state index in [0.717, 1.165) is 12.1 Å². The van der Waals surface area contributed by atoms with Gasteiger partial charge in [0.05, 0.1) is 0 Å². The van der Waals surface area contributed by atoms with E-state index in [2.05, 4.69) is 47.4 Å². The lowest BCUT2D eigenvalue weighted by molar-refractivity contribution is 0.256. The lowest BCUT2D eigenvalue weighted by Gasteiger charge is -2.23. The van der Waals surface area contributed by atoms with Crippen molar-refractivity contribution in [1.82, 2.24) is 9.88 Å². The van der Waals surface area contributed by atoms with Crippen LogP contribution in [0.15, 0.2) is 35.8 Å². The van der Waals surface area contributed by atoms with Crippen LogP contribution in [0.1, 0.15) is 29.1 Å². The summed E-state index contributed by atoms with van der Waals surface area (Å²) in [6.07, 6.45) is 1.69. The minimum atomic E-state index is 0.378. The highest BCUT2D eigenvalue weighted by Gasteiger charge is 2.12. The predicted molar refractivity (Wildman–Crippen MR) is 73.2 cm³/mol. The van der Waals surface area contributed by atoms with E-state index in [1.54, 1.807) is 17.5 Å². The van der Waals surface area contributed by atoms with Crippen LogP contribution in [0, 0.1) is 11.3 Å². The van der Waals surface area contributed by atoms with Crippen molar-refractivity contribution in [2.45, 2.75) is 19.5 Å². The number of hydrogen-bond acceptors (Lipinski definition) is 4. The first-order valence-corrected chi connectivity index (χ1v) is 6.67. The Morgan fingerprint density at radius 3 is 3.00 bits per heavy atom. The van der Waals surface area contributed by atoms with Gasteiger partial charge in [-0.1, -0.05) is 6.07 Å². The fraction of sp³-hybridized carbons (Fsp3) is 0.286. The molecule has 0 saturated carbocycles. The Labute approximate surface area is 111 Å². The van der Waals surface area contributed by atoms with Crippen molar-refractivity contribution in [3.05, 3.63) is 52.0 Å². The Balaban J connectivity index is 2.07. The molecule has 0 aliphatic rings. The van der Waals surface area contributed by atoms with Crippen molar-refractivity contribution < 1.29 is 0 Å². The number of aromatic nitrogens is 1. The topological polar surface area (TPSA) is 39.9 Å². The van der Waals surface area contributed by atoms with Crippen molar-refractivity contribution >= 4 is 11.3 Å². The van der Waals surface area contributed by atoms with E-state index in [4.69, 9.17) is 5.26 Å². The van der Waals surface area contributed by atoms with Crippen LogP contribution in [0.2, 0.25) is 0 Å². The van der Waals surface area contributed by atoms with Crippen LogP contribution in [0.4, 0.5) is 0 Å². The first kappa shape index (κ1) is 12.7. The molecule has 92 valence electrons. The van der Waals surface area contributed by atoms with Gasteiger partial charge in [0.2, 0.25) is 0 Å². The Morgan fingerprint density at radius 2 is 2.33 bits per heavy atom. The minimum absolute atomic E-state index is 0.378. The number of hydrogen-bond donors (Lipinski definition) is 0. The maximum absolute atomic E-state index is 8.83. The zero-order valence-electron chi connectivity index (χ0n) is 10.5. The molecule has 3 nitrogen and oxygen atoms in total. The third-order valence-electron chi connectivity index (χ3n) is 2.99. The van der Waals surface area contributed by atoms with Crippen molar-refractivity contribution in [2.75, 3.05) is 7.05 Å². The van der Waals surface area contributed by atoms with Gasteiger partial charge in [0.15, 0.2) is 0 Å². The van der Waals surface area contributed by atoms with E-state index in [1.165, 1.54) is 4.88 Å². The van der Waals surface area contributed by atoms with Crippen LogP contribution in [0.5, 0.6) is 0 Å². The third kappa shape index (κ3) is 2.95. The van der Waals surface area contributed by atoms with Gasteiger partial charge in [0.25, 0.3) is 0 Å². The average Bonchev–Trinajstić information content (AvgIpc) is 2.92. The summed E-state index contributed by atoms with van der Waals surface area (Å²) in [7, 11) is 2.09. The number of pyridine rings is 1. The van der Waals surface area contributed by atoms with E-state index in [1.807, 2.05) is 12.1 Å². The summed E-state index contributed by atoms with van der Waals surface area (Å²) < 4.78 is 0. The largest absolute Gasteiger partial charge is 0.295 e. The van der Waals surface area contributed by atoms with Crippen LogP contribution in [0.25, 0.3) is 0 Å². The van der Waals surface area contributed by atoms with Gasteiger partial charge in [0, 0.05) is 23.7 Å². The number of thiophene rings is 1. The highest BCUT2D eigenvalue weighted by molar-refractivity contribution is 7.10. The van der Waals surface area contributed by atoms with Gasteiger partial charge in [-0.2, -0.15) is 5.26 Å². The summed E-state index contributed by atoms with van der Waals surface area (Å²) >= 11 is 1.77. The molecule has 0 amide bonds. The summed E-state index contributed by atoms with van der Waals surface area (Å²) in [6.45, 7) is 3.01. The molecule has 2 aromatic rings. The average molecular weight is 257 g/mol. The second-order valence-corrected chi connectivity index (χ2v) is 5.25. The fourth-order valence-corrected chi connectivity index (χ4v) is 2.65. The standard InChI is InChI=1S/C14H15N3S/c1-11(14-4-3-7-18-14)17(2)10-12-5-6-16-13(8-12)9-15/h3-8,11H,10H2,1-2H3. The van der Waals surface area contributed by atoms with E-state index in [0.29, 0.717) is 11.7 Å². The van der Waals surface area contributed by atoms with Gasteiger partial charge < -0.3 is 0 Å². The second-order valence-electron chi connectivity index (χ2n) is 4.27. The molecule has 0 fully saturated rings. The van der Waals surface area contributed by atoms with Crippen LogP contribution in [-0.2, 0) is 6.54 Å². The van der Waals surface area contributed by atoms with Gasteiger partial charge in [-0.05, 0) is 43.1 Å². The van der Waals surface area contributed by atoms with Gasteiger partial charge in [0.1, 0.15) is 11.8 Å². The molecule has 1 atom stereocenters. The minimum Gasteiger partial charge on any atom is -0.295 e.